The van der Waals surface area contributed by atoms with Gasteiger partial charge in [-0.1, -0.05) is 87.4 Å². The highest BCUT2D eigenvalue weighted by Crippen LogP contribution is 2.32. The average molecular weight is 369 g/mol. The van der Waals surface area contributed by atoms with Crippen LogP contribution in [0.1, 0.15) is 63.5 Å². The van der Waals surface area contributed by atoms with Gasteiger partial charge in [-0.15, -0.1) is 0 Å². The van der Waals surface area contributed by atoms with E-state index >= 15 is 0 Å². The lowest BCUT2D eigenvalue weighted by atomic mass is 9.86. The summed E-state index contributed by atoms with van der Waals surface area (Å²) in [6.45, 7) is 13.0. The van der Waals surface area contributed by atoms with Crippen molar-refractivity contribution in [2.24, 2.45) is 0 Å². The summed E-state index contributed by atoms with van der Waals surface area (Å²) in [5.74, 6) is 1.80. The van der Waals surface area contributed by atoms with Crippen molar-refractivity contribution in [2.45, 2.75) is 59.3 Å². The molecule has 26 heavy (non-hydrogen) atoms. The van der Waals surface area contributed by atoms with Crippen LogP contribution in [0.2, 0.25) is 0 Å². The van der Waals surface area contributed by atoms with Crippen LogP contribution in [0.3, 0.4) is 0 Å². The number of allylic oxidation sites excluding steroid dienone is 1. The second kappa shape index (κ2) is 12.8. The fourth-order valence-corrected chi connectivity index (χ4v) is 3.56. The molecule has 2 aromatic carbocycles. The summed E-state index contributed by atoms with van der Waals surface area (Å²) in [5.41, 5.74) is 6.65. The van der Waals surface area contributed by atoms with E-state index in [1.54, 1.807) is 0 Å². The third kappa shape index (κ3) is 7.41. The molecule has 0 saturated carbocycles. The van der Waals surface area contributed by atoms with E-state index in [-0.39, 0.29) is 0 Å². The van der Waals surface area contributed by atoms with Gasteiger partial charge in [-0.25, -0.2) is 0 Å². The Bertz CT molecular complexity index is 640. The highest BCUT2D eigenvalue weighted by Gasteiger charge is 2.13. The summed E-state index contributed by atoms with van der Waals surface area (Å²) in [7, 11) is 0. The molecule has 2 aromatic rings. The number of hydrogen-bond acceptors (Lipinski definition) is 1. The Labute approximate surface area is 166 Å². The van der Waals surface area contributed by atoms with Gasteiger partial charge in [0.15, 0.2) is 0 Å². The maximum absolute atomic E-state index is 4.20. The van der Waals surface area contributed by atoms with Crippen molar-refractivity contribution in [1.29, 1.82) is 0 Å². The quantitative estimate of drug-likeness (QED) is 0.422. The van der Waals surface area contributed by atoms with Crippen molar-refractivity contribution < 1.29 is 0 Å². The predicted octanol–water partition coefficient (Wildman–Crippen LogP) is 8.27. The van der Waals surface area contributed by atoms with Crippen LogP contribution < -0.4 is 0 Å². The topological polar surface area (TPSA) is 0 Å². The van der Waals surface area contributed by atoms with Crippen LogP contribution in [-0.4, -0.2) is 12.0 Å². The molecule has 0 aromatic heterocycles. The molecule has 1 atom stereocenters. The number of thioether (sulfide) groups is 1. The molecule has 0 saturated heterocycles. The second-order valence-corrected chi connectivity index (χ2v) is 7.96. The lowest BCUT2D eigenvalue weighted by Gasteiger charge is -2.19. The molecule has 0 amide bonds. The summed E-state index contributed by atoms with van der Waals surface area (Å²) >= 11 is 1.90. The van der Waals surface area contributed by atoms with Crippen LogP contribution in [0.5, 0.6) is 0 Å². The third-order valence-corrected chi connectivity index (χ3v) is 5.40. The molecule has 0 nitrogen and oxygen atoms in total. The van der Waals surface area contributed by atoms with Gasteiger partial charge in [0, 0.05) is 5.92 Å². The number of rotatable bonds is 8. The molecule has 1 heteroatoms. The van der Waals surface area contributed by atoms with E-state index in [0.717, 1.165) is 0 Å². The number of unbranched alkanes of at least 4 members (excludes halogenated alkanes) is 1. The Morgan fingerprint density at radius 3 is 2.19 bits per heavy atom. The highest BCUT2D eigenvalue weighted by molar-refractivity contribution is 7.98. The average Bonchev–Trinajstić information content (AvgIpc) is 2.64. The monoisotopic (exact) mass is 368 g/mol. The van der Waals surface area contributed by atoms with Crippen molar-refractivity contribution in [3.63, 3.8) is 0 Å². The first-order valence-corrected chi connectivity index (χ1v) is 11.2. The molecular formula is C25H36S. The van der Waals surface area contributed by atoms with E-state index in [0.29, 0.717) is 5.92 Å². The van der Waals surface area contributed by atoms with E-state index in [1.807, 2.05) is 11.8 Å². The molecule has 0 fully saturated rings. The maximum atomic E-state index is 4.20. The van der Waals surface area contributed by atoms with Crippen molar-refractivity contribution in [3.05, 3.63) is 71.8 Å². The standard InChI is InChI=1S/C21H26.C4H10S/c1-5-6-12-20(16(2)3)19-13-14-21(17(4)15-19)18-10-8-7-9-11-18;1-3-4-5-2/h7-11,13-15,20H,2,5-6,12H2,1,3-4H3;3-4H2,1-2H3. The van der Waals surface area contributed by atoms with Crippen LogP contribution in [0.15, 0.2) is 60.7 Å². The van der Waals surface area contributed by atoms with Gasteiger partial charge in [-0.05, 0) is 61.0 Å². The number of hydrogen-bond donors (Lipinski definition) is 0. The first kappa shape index (κ1) is 22.6. The van der Waals surface area contributed by atoms with Crippen molar-refractivity contribution in [3.8, 4) is 11.1 Å². The van der Waals surface area contributed by atoms with Crippen LogP contribution in [0.25, 0.3) is 11.1 Å². The lowest BCUT2D eigenvalue weighted by Crippen LogP contribution is -2.01. The number of benzene rings is 2. The van der Waals surface area contributed by atoms with Gasteiger partial charge < -0.3 is 0 Å². The molecule has 0 heterocycles. The molecular weight excluding hydrogens is 332 g/mol. The maximum Gasteiger partial charge on any atom is 0.00428 e. The van der Waals surface area contributed by atoms with E-state index in [4.69, 9.17) is 0 Å². The minimum absolute atomic E-state index is 0.494. The molecule has 0 spiro atoms. The van der Waals surface area contributed by atoms with E-state index in [9.17, 15) is 0 Å². The molecule has 0 aliphatic carbocycles. The first-order chi connectivity index (χ1) is 12.5. The zero-order valence-electron chi connectivity index (χ0n) is 17.3. The highest BCUT2D eigenvalue weighted by atomic mass is 32.2. The van der Waals surface area contributed by atoms with Crippen LogP contribution in [-0.2, 0) is 0 Å². The molecule has 0 bridgehead atoms. The zero-order valence-corrected chi connectivity index (χ0v) is 18.2. The summed E-state index contributed by atoms with van der Waals surface area (Å²) < 4.78 is 0. The van der Waals surface area contributed by atoms with Gasteiger partial charge >= 0.3 is 0 Å². The summed E-state index contributed by atoms with van der Waals surface area (Å²) in [6, 6.07) is 17.5. The minimum Gasteiger partial charge on any atom is -0.165 e. The Hall–Kier alpha value is -1.47. The van der Waals surface area contributed by atoms with Gasteiger partial charge in [-0.2, -0.15) is 11.8 Å². The van der Waals surface area contributed by atoms with Crippen LogP contribution >= 0.6 is 11.8 Å². The largest absolute Gasteiger partial charge is 0.165 e. The molecule has 0 aliphatic rings. The van der Waals surface area contributed by atoms with Crippen molar-refractivity contribution in [2.75, 3.05) is 12.0 Å². The van der Waals surface area contributed by atoms with E-state index in [1.165, 1.54) is 59.3 Å². The number of aryl methyl sites for hydroxylation is 1. The molecule has 0 radical (unpaired) electrons. The molecule has 1 unspecified atom stereocenters. The predicted molar refractivity (Wildman–Crippen MR) is 122 cm³/mol. The third-order valence-electron chi connectivity index (χ3n) is 4.59. The zero-order chi connectivity index (χ0) is 19.4. The normalized spacial score (nSPS) is 11.4. The smallest absolute Gasteiger partial charge is 0.00428 e. The molecule has 0 aliphatic heterocycles. The molecule has 142 valence electrons. The van der Waals surface area contributed by atoms with Gasteiger partial charge in [0.1, 0.15) is 0 Å². The van der Waals surface area contributed by atoms with Crippen molar-refractivity contribution >= 4 is 11.8 Å². The molecule has 2 rings (SSSR count). The Morgan fingerprint density at radius 2 is 1.73 bits per heavy atom. The fourth-order valence-electron chi connectivity index (χ4n) is 3.16. The first-order valence-electron chi connectivity index (χ1n) is 9.85. The Morgan fingerprint density at radius 1 is 1.04 bits per heavy atom. The van der Waals surface area contributed by atoms with Crippen LogP contribution in [0, 0.1) is 6.92 Å². The SMILES string of the molecule is C=C(C)C(CCCC)c1ccc(-c2ccccc2)c(C)c1.CCCSC. The molecule has 0 N–H and O–H groups in total. The summed E-state index contributed by atoms with van der Waals surface area (Å²) in [6.07, 6.45) is 7.14. The van der Waals surface area contributed by atoms with E-state index < -0.39 is 0 Å². The Kier molecular flexibility index (Phi) is 11.1. The van der Waals surface area contributed by atoms with E-state index in [2.05, 4.69) is 89.1 Å². The lowest BCUT2D eigenvalue weighted by molar-refractivity contribution is 0.643. The van der Waals surface area contributed by atoms with Gasteiger partial charge in [-0.3, -0.25) is 0 Å². The second-order valence-electron chi connectivity index (χ2n) is 6.97. The van der Waals surface area contributed by atoms with Crippen LogP contribution in [0.4, 0.5) is 0 Å². The van der Waals surface area contributed by atoms with Gasteiger partial charge in [0.2, 0.25) is 0 Å². The fraction of sp³-hybridized carbons (Fsp3) is 0.440. The van der Waals surface area contributed by atoms with Gasteiger partial charge in [0.05, 0.1) is 0 Å². The summed E-state index contributed by atoms with van der Waals surface area (Å²) in [5, 5.41) is 0. The summed E-state index contributed by atoms with van der Waals surface area (Å²) in [4.78, 5) is 0. The van der Waals surface area contributed by atoms with Crippen molar-refractivity contribution in [1.82, 2.24) is 0 Å². The van der Waals surface area contributed by atoms with Gasteiger partial charge in [0.25, 0.3) is 0 Å². The minimum atomic E-state index is 0.494. The Balaban J connectivity index is 0.000000597.